The van der Waals surface area contributed by atoms with Crippen molar-refractivity contribution in [3.05, 3.63) is 11.6 Å². The first-order valence-corrected chi connectivity index (χ1v) is 25.3. The number of hydrogen-bond acceptors (Lipinski definition) is 20. The van der Waals surface area contributed by atoms with E-state index < -0.39 is 134 Å². The van der Waals surface area contributed by atoms with Gasteiger partial charge in [-0.3, -0.25) is 4.79 Å². The van der Waals surface area contributed by atoms with Crippen molar-refractivity contribution in [3.63, 3.8) is 0 Å². The van der Waals surface area contributed by atoms with Crippen LogP contribution >= 0.6 is 0 Å². The molecule has 0 spiro atoms. The van der Waals surface area contributed by atoms with E-state index in [0.717, 1.165) is 37.7 Å². The fourth-order valence-corrected chi connectivity index (χ4v) is 14.6. The summed E-state index contributed by atoms with van der Waals surface area (Å²) in [6, 6.07) is 0. The molecule has 26 atom stereocenters. The van der Waals surface area contributed by atoms with Crippen LogP contribution in [0.25, 0.3) is 0 Å². The number of carbonyl (C=O) groups is 2. The van der Waals surface area contributed by atoms with Crippen molar-refractivity contribution in [3.8, 4) is 0 Å². The number of cyclic esters (lactones) is 1. The zero-order valence-electron chi connectivity index (χ0n) is 40.5. The van der Waals surface area contributed by atoms with Gasteiger partial charge in [0.1, 0.15) is 55.4 Å². The zero-order valence-corrected chi connectivity index (χ0v) is 40.5. The summed E-state index contributed by atoms with van der Waals surface area (Å²) < 4.78 is 60.1. The van der Waals surface area contributed by atoms with Crippen molar-refractivity contribution in [1.29, 1.82) is 0 Å². The standard InChI is InChI=1S/C49H76O20/c1-21-43(67-38-17-32(53)44(22(2)62-38)68-39-18-33(64-24(4)51)45(23(3)63-39)69-46-42(58)41(57)40(56)34(19-50)66-46)31(52)16-37(61-21)65-27-9-11-47(5)26(14-27)7-8-29-30(47)15-35(54)48(6)28(10-12-49(29,48)59)25-13-36(55)60-20-25/h13,21-23,26-35,37-46,50,52-54,56-59H,7-12,14-20H2,1-6H3/t21-,22-,23-,26+,27+,28+,29+,30-,31+,32+,33+,34+,35+,37-,38-,39-,40+,41-,42+,43+,44+,45+,46-,47-,48+,49+/m1/s1. The third kappa shape index (κ3) is 9.48. The molecule has 8 fully saturated rings. The van der Waals surface area contributed by atoms with Crippen molar-refractivity contribution in [1.82, 2.24) is 0 Å². The van der Waals surface area contributed by atoms with Gasteiger partial charge >= 0.3 is 11.9 Å². The summed E-state index contributed by atoms with van der Waals surface area (Å²) in [5.74, 6) is -0.580. The summed E-state index contributed by atoms with van der Waals surface area (Å²) in [4.78, 5) is 24.2. The lowest BCUT2D eigenvalue weighted by atomic mass is 9.42. The Morgan fingerprint density at radius 1 is 0.710 bits per heavy atom. The van der Waals surface area contributed by atoms with Gasteiger partial charge in [-0.15, -0.1) is 0 Å². The minimum absolute atomic E-state index is 0.00421. The molecule has 0 amide bonds. The lowest BCUT2D eigenvalue weighted by molar-refractivity contribution is -0.355. The van der Waals surface area contributed by atoms with Gasteiger partial charge in [0.15, 0.2) is 25.2 Å². The quantitative estimate of drug-likeness (QED) is 0.104. The lowest BCUT2D eigenvalue weighted by Gasteiger charge is -2.65. The molecule has 0 aromatic rings. The maximum Gasteiger partial charge on any atom is 0.331 e. The Kier molecular flexibility index (Phi) is 15.1. The smallest absolute Gasteiger partial charge is 0.331 e. The summed E-state index contributed by atoms with van der Waals surface area (Å²) in [5, 5.41) is 88.1. The predicted octanol–water partition coefficient (Wildman–Crippen LogP) is 0.613. The summed E-state index contributed by atoms with van der Waals surface area (Å²) in [6.07, 6.45) is -11.1. The van der Waals surface area contributed by atoms with Gasteiger partial charge in [-0.25, -0.2) is 4.79 Å². The molecule has 0 aromatic carbocycles. The van der Waals surface area contributed by atoms with Crippen LogP contribution in [0.5, 0.6) is 0 Å². The number of hydrogen-bond donors (Lipinski definition) is 8. The first-order chi connectivity index (χ1) is 32.6. The third-order valence-electron chi connectivity index (χ3n) is 18.4. The second kappa shape index (κ2) is 20.0. The number of rotatable bonds is 11. The van der Waals surface area contributed by atoms with E-state index in [9.17, 15) is 50.4 Å². The molecule has 0 aromatic heterocycles. The molecule has 4 saturated heterocycles. The van der Waals surface area contributed by atoms with E-state index in [2.05, 4.69) is 6.92 Å². The first-order valence-electron chi connectivity index (χ1n) is 25.3. The van der Waals surface area contributed by atoms with Crippen LogP contribution < -0.4 is 0 Å². The van der Waals surface area contributed by atoms with E-state index in [-0.39, 0.29) is 61.1 Å². The predicted molar refractivity (Wildman–Crippen MR) is 235 cm³/mol. The molecule has 0 unspecified atom stereocenters. The second-order valence-electron chi connectivity index (χ2n) is 22.2. The monoisotopic (exact) mass is 984 g/mol. The molecular formula is C49H76O20. The third-order valence-corrected chi connectivity index (χ3v) is 18.4. The number of ether oxygens (including phenoxy) is 10. The Morgan fingerprint density at radius 2 is 1.33 bits per heavy atom. The van der Waals surface area contributed by atoms with E-state index in [1.807, 2.05) is 6.92 Å². The SMILES string of the molecule is CC(=O)O[C@H]1C[C@@H](O[C@@H]2[C@@H](O)C[C@@H](O[C@@H]3[C@@H](O)C[C@@H](O[C@H]4CC[C@]5(C)[C@@H](CC[C@H]6[C@H]5C[C@H](O)[C@]5(C)[C@H](C7=CC(=O)OC7)CC[C@]65O)C4)O[C@@H]3C)O[C@@H]2C)O[C@H](C)[C@@H]1O[C@H]1O[C@@H](CO)[C@H](O)[C@@H](O)[C@@H]1O. The Balaban J connectivity index is 0.752. The topological polar surface area (TPSA) is 288 Å². The minimum atomic E-state index is -1.69. The van der Waals surface area contributed by atoms with Crippen LogP contribution in [0.1, 0.15) is 112 Å². The molecule has 4 aliphatic carbocycles. The Hall–Kier alpha value is -1.96. The summed E-state index contributed by atoms with van der Waals surface area (Å²) in [5.41, 5.74) is -1.01. The van der Waals surface area contributed by atoms with Crippen molar-refractivity contribution in [2.75, 3.05) is 13.2 Å². The molecular weight excluding hydrogens is 909 g/mol. The van der Waals surface area contributed by atoms with Gasteiger partial charge in [-0.05, 0) is 107 Å². The normalized spacial score (nSPS) is 53.3. The van der Waals surface area contributed by atoms with Gasteiger partial charge in [0, 0.05) is 37.7 Å². The molecule has 20 heteroatoms. The number of aliphatic hydroxyl groups is 8. The zero-order chi connectivity index (χ0) is 49.5. The lowest BCUT2D eigenvalue weighted by Crippen LogP contribution is -2.67. The molecule has 8 N–H and O–H groups in total. The molecule has 9 aliphatic rings. The van der Waals surface area contributed by atoms with Gasteiger partial charge in [-0.1, -0.05) is 13.8 Å². The fourth-order valence-electron chi connectivity index (χ4n) is 14.6. The number of aliphatic hydroxyl groups excluding tert-OH is 7. The van der Waals surface area contributed by atoms with Crippen LogP contribution in [0.3, 0.4) is 0 Å². The van der Waals surface area contributed by atoms with Gasteiger partial charge in [0.25, 0.3) is 0 Å². The van der Waals surface area contributed by atoms with Crippen LogP contribution in [-0.2, 0) is 57.0 Å². The minimum Gasteiger partial charge on any atom is -0.459 e. The average molecular weight is 985 g/mol. The molecule has 9 rings (SSSR count). The summed E-state index contributed by atoms with van der Waals surface area (Å²) in [6.45, 7) is 10.3. The van der Waals surface area contributed by atoms with Gasteiger partial charge in [0.2, 0.25) is 0 Å². The van der Waals surface area contributed by atoms with E-state index in [1.165, 1.54) is 6.92 Å². The number of fused-ring (bicyclic) bond motifs is 5. The highest BCUT2D eigenvalue weighted by atomic mass is 16.8. The summed E-state index contributed by atoms with van der Waals surface area (Å²) in [7, 11) is 0. The Bertz CT molecular complexity index is 1850. The molecule has 5 heterocycles. The van der Waals surface area contributed by atoms with Crippen molar-refractivity contribution < 1.29 is 97.8 Å². The highest BCUT2D eigenvalue weighted by molar-refractivity contribution is 5.85. The Morgan fingerprint density at radius 3 is 1.93 bits per heavy atom. The largest absolute Gasteiger partial charge is 0.459 e. The second-order valence-corrected chi connectivity index (χ2v) is 22.2. The highest BCUT2D eigenvalue weighted by Crippen LogP contribution is 2.70. The number of esters is 2. The Labute approximate surface area is 402 Å². The van der Waals surface area contributed by atoms with Crippen LogP contribution in [0.4, 0.5) is 0 Å². The van der Waals surface area contributed by atoms with Crippen molar-refractivity contribution in [2.24, 2.45) is 34.5 Å². The summed E-state index contributed by atoms with van der Waals surface area (Å²) >= 11 is 0. The van der Waals surface area contributed by atoms with E-state index in [4.69, 9.17) is 47.4 Å². The molecule has 0 radical (unpaired) electrons. The van der Waals surface area contributed by atoms with Crippen LogP contribution in [-0.4, -0.2) is 188 Å². The van der Waals surface area contributed by atoms with Crippen LogP contribution in [0.2, 0.25) is 0 Å². The average Bonchev–Trinajstić information content (AvgIpc) is 3.84. The van der Waals surface area contributed by atoms with E-state index >= 15 is 0 Å². The van der Waals surface area contributed by atoms with E-state index in [1.54, 1.807) is 26.8 Å². The maximum absolute atomic E-state index is 12.6. The molecule has 4 saturated carbocycles. The molecule has 5 aliphatic heterocycles. The molecule has 0 bridgehead atoms. The van der Waals surface area contributed by atoms with Crippen molar-refractivity contribution in [2.45, 2.75) is 234 Å². The molecule has 392 valence electrons. The van der Waals surface area contributed by atoms with Crippen molar-refractivity contribution >= 4 is 11.9 Å². The first kappa shape index (κ1) is 51.9. The van der Waals surface area contributed by atoms with Gasteiger partial charge in [0.05, 0.1) is 54.9 Å². The maximum atomic E-state index is 12.6. The molecule has 20 nitrogen and oxygen atoms in total. The fraction of sp³-hybridized carbons (Fsp3) is 0.918. The van der Waals surface area contributed by atoms with Crippen LogP contribution in [0.15, 0.2) is 11.6 Å². The van der Waals surface area contributed by atoms with Gasteiger partial charge in [-0.2, -0.15) is 0 Å². The van der Waals surface area contributed by atoms with E-state index in [0.29, 0.717) is 25.2 Å². The van der Waals surface area contributed by atoms with Gasteiger partial charge < -0.3 is 88.2 Å². The highest BCUT2D eigenvalue weighted by Gasteiger charge is 2.71. The number of carbonyl (C=O) groups excluding carboxylic acids is 2. The molecule has 69 heavy (non-hydrogen) atoms. The van der Waals surface area contributed by atoms with Crippen LogP contribution in [0, 0.1) is 34.5 Å².